The number of aromatic amines is 1. The second-order valence-electron chi connectivity index (χ2n) is 10.6. The number of nitrogens with two attached hydrogens (primary N) is 4. The summed E-state index contributed by atoms with van der Waals surface area (Å²) < 4.78 is 0. The lowest BCUT2D eigenvalue weighted by Gasteiger charge is -2.25. The molecule has 1 aromatic heterocycles. The summed E-state index contributed by atoms with van der Waals surface area (Å²) in [7, 11) is 0. The van der Waals surface area contributed by atoms with E-state index in [2.05, 4.69) is 36.2 Å². The number of aliphatic carboxylic acids is 1. The van der Waals surface area contributed by atoms with Crippen LogP contribution in [0.1, 0.15) is 44.1 Å². The van der Waals surface area contributed by atoms with Crippen molar-refractivity contribution in [2.75, 3.05) is 19.6 Å². The fraction of sp³-hybridized carbons (Fsp3) is 0.500. The molecule has 0 bridgehead atoms. The van der Waals surface area contributed by atoms with Crippen molar-refractivity contribution in [1.82, 2.24) is 26.3 Å². The number of aromatic nitrogens is 1. The standard InChI is InChI=1S/C28H43N11O5/c29-27(30)34-12-4-9-20(24(41)38-21(26(43)44)10-5-13-35-28(31)32)37-25(42)22(39-23(40)19-8-3-11-33-19)14-16-15-36-18-7-2-1-6-17(16)18/h1-2,6-7,15,19-22,33,36H,3-5,8-14H2,(H,37,42)(H,38,41)(H,39,40)(H,43,44)(H4,29,30,34)(H4,31,32,35). The van der Waals surface area contributed by atoms with E-state index < -0.39 is 42.0 Å². The van der Waals surface area contributed by atoms with Gasteiger partial charge in [-0.05, 0) is 56.7 Å². The van der Waals surface area contributed by atoms with Crippen molar-refractivity contribution in [2.24, 2.45) is 32.9 Å². The number of H-pyrrole nitrogens is 1. The molecule has 2 aromatic rings. The summed E-state index contributed by atoms with van der Waals surface area (Å²) in [5.74, 6) is -3.11. The number of aliphatic imine (C=N–C) groups is 2. The molecular weight excluding hydrogens is 570 g/mol. The molecule has 4 unspecified atom stereocenters. The maximum absolute atomic E-state index is 13.7. The number of para-hydroxylation sites is 1. The van der Waals surface area contributed by atoms with E-state index in [1.165, 1.54) is 0 Å². The molecule has 240 valence electrons. The third-order valence-electron chi connectivity index (χ3n) is 7.25. The second-order valence-corrected chi connectivity index (χ2v) is 10.6. The number of carbonyl (C=O) groups is 4. The van der Waals surface area contributed by atoms with E-state index in [0.717, 1.165) is 22.9 Å². The first-order valence-electron chi connectivity index (χ1n) is 14.6. The molecule has 1 aromatic carbocycles. The number of rotatable bonds is 17. The molecule has 0 radical (unpaired) electrons. The van der Waals surface area contributed by atoms with Gasteiger partial charge in [0.2, 0.25) is 17.7 Å². The Morgan fingerprint density at radius 3 is 2.11 bits per heavy atom. The largest absolute Gasteiger partial charge is 0.480 e. The summed E-state index contributed by atoms with van der Waals surface area (Å²) in [4.78, 5) is 63.0. The van der Waals surface area contributed by atoms with Gasteiger partial charge in [-0.25, -0.2) is 4.79 Å². The number of guanidine groups is 2. The number of fused-ring (bicyclic) bond motifs is 1. The molecule has 0 spiro atoms. The van der Waals surface area contributed by atoms with Crippen LogP contribution in [0.15, 0.2) is 40.4 Å². The van der Waals surface area contributed by atoms with Crippen LogP contribution in [0.4, 0.5) is 0 Å². The molecule has 16 nitrogen and oxygen atoms in total. The number of nitrogens with zero attached hydrogens (tertiary/aromatic N) is 2. The fourth-order valence-electron chi connectivity index (χ4n) is 4.99. The average molecular weight is 614 g/mol. The van der Waals surface area contributed by atoms with Gasteiger partial charge in [0, 0.05) is 36.6 Å². The normalized spacial score (nSPS) is 16.3. The molecule has 3 amide bonds. The minimum Gasteiger partial charge on any atom is -0.480 e. The number of hydrogen-bond donors (Lipinski definition) is 10. The quantitative estimate of drug-likeness (QED) is 0.0537. The van der Waals surface area contributed by atoms with Crippen LogP contribution in [0.3, 0.4) is 0 Å². The van der Waals surface area contributed by atoms with E-state index >= 15 is 0 Å². The average Bonchev–Trinajstić information content (AvgIpc) is 3.66. The number of hydrogen-bond acceptors (Lipinski definition) is 7. The van der Waals surface area contributed by atoms with Crippen LogP contribution in [0.2, 0.25) is 0 Å². The number of carbonyl (C=O) groups excluding carboxylic acids is 3. The lowest BCUT2D eigenvalue weighted by Crippen LogP contribution is -2.57. The maximum Gasteiger partial charge on any atom is 0.326 e. The Morgan fingerprint density at radius 1 is 0.886 bits per heavy atom. The number of amides is 3. The number of carboxylic acid groups (broad SMARTS) is 1. The van der Waals surface area contributed by atoms with Gasteiger partial charge in [0.15, 0.2) is 11.9 Å². The highest BCUT2D eigenvalue weighted by atomic mass is 16.4. The van der Waals surface area contributed by atoms with Gasteiger partial charge >= 0.3 is 5.97 Å². The van der Waals surface area contributed by atoms with E-state index in [1.54, 1.807) is 6.20 Å². The Morgan fingerprint density at radius 2 is 1.50 bits per heavy atom. The zero-order valence-electron chi connectivity index (χ0n) is 24.6. The van der Waals surface area contributed by atoms with Gasteiger partial charge in [-0.15, -0.1) is 0 Å². The van der Waals surface area contributed by atoms with Gasteiger partial charge in [-0.2, -0.15) is 0 Å². The molecule has 1 aliphatic heterocycles. The highest BCUT2D eigenvalue weighted by Gasteiger charge is 2.32. The minimum absolute atomic E-state index is 0.0557. The van der Waals surface area contributed by atoms with Gasteiger partial charge in [0.25, 0.3) is 0 Å². The van der Waals surface area contributed by atoms with Gasteiger partial charge in [-0.1, -0.05) is 18.2 Å². The van der Waals surface area contributed by atoms with E-state index in [9.17, 15) is 24.3 Å². The first kappa shape index (κ1) is 33.6. The molecule has 2 heterocycles. The summed E-state index contributed by atoms with van der Waals surface area (Å²) in [5, 5.41) is 21.8. The van der Waals surface area contributed by atoms with Crippen molar-refractivity contribution in [1.29, 1.82) is 0 Å². The van der Waals surface area contributed by atoms with E-state index in [1.807, 2.05) is 24.3 Å². The Hall–Kier alpha value is -4.86. The van der Waals surface area contributed by atoms with Crippen molar-refractivity contribution in [2.45, 2.75) is 69.1 Å². The highest BCUT2D eigenvalue weighted by Crippen LogP contribution is 2.19. The number of benzene rings is 1. The third kappa shape index (κ3) is 10.4. The Kier molecular flexibility index (Phi) is 12.8. The van der Waals surface area contributed by atoms with Gasteiger partial charge < -0.3 is 54.3 Å². The molecule has 4 atom stereocenters. The molecule has 1 aliphatic rings. The summed E-state index contributed by atoms with van der Waals surface area (Å²) in [6.45, 7) is 1.07. The second kappa shape index (κ2) is 16.7. The van der Waals surface area contributed by atoms with Crippen LogP contribution >= 0.6 is 0 Å². The lowest BCUT2D eigenvalue weighted by molar-refractivity contribution is -0.142. The Labute approximate surface area is 254 Å². The number of nitrogens with one attached hydrogen (secondary N) is 5. The molecule has 44 heavy (non-hydrogen) atoms. The molecule has 1 saturated heterocycles. The first-order valence-corrected chi connectivity index (χ1v) is 14.6. The smallest absolute Gasteiger partial charge is 0.326 e. The zero-order valence-corrected chi connectivity index (χ0v) is 24.6. The summed E-state index contributed by atoms with van der Waals surface area (Å²) >= 11 is 0. The first-order chi connectivity index (χ1) is 21.0. The van der Waals surface area contributed by atoms with Gasteiger partial charge in [-0.3, -0.25) is 24.4 Å². The van der Waals surface area contributed by atoms with Crippen LogP contribution in [0, 0.1) is 0 Å². The monoisotopic (exact) mass is 613 g/mol. The molecule has 0 saturated carbocycles. The van der Waals surface area contributed by atoms with E-state index in [4.69, 9.17) is 22.9 Å². The number of carboxylic acids is 1. The fourth-order valence-corrected chi connectivity index (χ4v) is 4.99. The molecule has 3 rings (SSSR count). The van der Waals surface area contributed by atoms with Crippen LogP contribution in [0.25, 0.3) is 10.9 Å². The topological polar surface area (TPSA) is 281 Å². The summed E-state index contributed by atoms with van der Waals surface area (Å²) in [5.41, 5.74) is 23.1. The molecular formula is C28H43N11O5. The van der Waals surface area contributed by atoms with E-state index in [-0.39, 0.29) is 50.2 Å². The van der Waals surface area contributed by atoms with Crippen LogP contribution in [0.5, 0.6) is 0 Å². The van der Waals surface area contributed by atoms with Crippen molar-refractivity contribution >= 4 is 46.5 Å². The van der Waals surface area contributed by atoms with Crippen molar-refractivity contribution in [3.8, 4) is 0 Å². The molecule has 1 fully saturated rings. The molecule has 16 heteroatoms. The van der Waals surface area contributed by atoms with Gasteiger partial charge in [0.1, 0.15) is 18.1 Å². The predicted octanol–water partition coefficient (Wildman–Crippen LogP) is -1.89. The SMILES string of the molecule is NC(N)=NCCCC(NC(=O)C(CCCN=C(N)N)NC(=O)C(Cc1c[nH]c2ccccc12)NC(=O)C1CCCN1)C(=O)O. The molecule has 14 N–H and O–H groups in total. The van der Waals surface area contributed by atoms with E-state index in [0.29, 0.717) is 25.8 Å². The van der Waals surface area contributed by atoms with Crippen LogP contribution < -0.4 is 44.2 Å². The van der Waals surface area contributed by atoms with Crippen molar-refractivity contribution in [3.63, 3.8) is 0 Å². The zero-order chi connectivity index (χ0) is 32.1. The van der Waals surface area contributed by atoms with Crippen LogP contribution in [-0.2, 0) is 25.6 Å². The lowest BCUT2D eigenvalue weighted by atomic mass is 10.0. The van der Waals surface area contributed by atoms with Crippen molar-refractivity contribution in [3.05, 3.63) is 36.0 Å². The Bertz CT molecular complexity index is 1340. The maximum atomic E-state index is 13.7. The van der Waals surface area contributed by atoms with Gasteiger partial charge in [0.05, 0.1) is 6.04 Å². The Balaban J connectivity index is 1.79. The third-order valence-corrected chi connectivity index (χ3v) is 7.25. The minimum atomic E-state index is -1.25. The van der Waals surface area contributed by atoms with Crippen molar-refractivity contribution < 1.29 is 24.3 Å². The summed E-state index contributed by atoms with van der Waals surface area (Å²) in [6.07, 6.45) is 4.18. The van der Waals surface area contributed by atoms with Crippen LogP contribution in [-0.4, -0.2) is 89.5 Å². The summed E-state index contributed by atoms with van der Waals surface area (Å²) in [6, 6.07) is 3.75. The highest BCUT2D eigenvalue weighted by molar-refractivity contribution is 5.95. The predicted molar refractivity (Wildman–Crippen MR) is 166 cm³/mol. The molecule has 0 aliphatic carbocycles.